The van der Waals surface area contributed by atoms with E-state index in [1.165, 1.54) is 10.4 Å². The first-order chi connectivity index (χ1) is 10.8. The van der Waals surface area contributed by atoms with Gasteiger partial charge in [0, 0.05) is 0 Å². The maximum atomic E-state index is 4.94. The van der Waals surface area contributed by atoms with Crippen LogP contribution in [0.2, 0.25) is 0 Å². The Labute approximate surface area is 137 Å². The summed E-state index contributed by atoms with van der Waals surface area (Å²) in [5, 5.41) is 4.17. The fraction of sp³-hybridized carbons (Fsp3) is 0.111. The molecule has 0 fully saturated rings. The molecule has 0 aliphatic rings. The van der Waals surface area contributed by atoms with Crippen molar-refractivity contribution in [3.05, 3.63) is 58.8 Å². The van der Waals surface area contributed by atoms with Crippen LogP contribution >= 0.6 is 22.7 Å². The number of aromatic nitrogens is 2. The van der Waals surface area contributed by atoms with Crippen LogP contribution in [0.3, 0.4) is 0 Å². The highest BCUT2D eigenvalue weighted by molar-refractivity contribution is 7.14. The second-order valence-electron chi connectivity index (χ2n) is 5.05. The molecule has 0 unspecified atom stereocenters. The molecule has 4 rings (SSSR count). The number of fused-ring (bicyclic) bond motifs is 1. The Hall–Kier alpha value is -2.04. The van der Waals surface area contributed by atoms with Crippen molar-refractivity contribution in [1.29, 1.82) is 0 Å². The van der Waals surface area contributed by atoms with Crippen LogP contribution in [0.25, 0.3) is 32.2 Å². The Morgan fingerprint density at radius 3 is 2.00 bits per heavy atom. The molecule has 4 heteroatoms. The van der Waals surface area contributed by atoms with Gasteiger partial charge in [0.25, 0.3) is 0 Å². The van der Waals surface area contributed by atoms with Gasteiger partial charge in [-0.05, 0) is 47.0 Å². The van der Waals surface area contributed by atoms with Gasteiger partial charge in [0.15, 0.2) is 0 Å². The average molecular weight is 322 g/mol. The molecule has 22 heavy (non-hydrogen) atoms. The first-order valence-electron chi connectivity index (χ1n) is 7.23. The van der Waals surface area contributed by atoms with Crippen LogP contribution in [-0.4, -0.2) is 9.97 Å². The molecule has 0 amide bonds. The van der Waals surface area contributed by atoms with Crippen molar-refractivity contribution in [2.75, 3.05) is 0 Å². The molecule has 0 radical (unpaired) electrons. The van der Waals surface area contributed by atoms with Crippen LogP contribution in [0.15, 0.2) is 53.2 Å². The molecule has 1 aromatic carbocycles. The molecule has 0 saturated carbocycles. The van der Waals surface area contributed by atoms with Crippen LogP contribution < -0.4 is 0 Å². The largest absolute Gasteiger partial charge is 0.243 e. The summed E-state index contributed by atoms with van der Waals surface area (Å²) in [5.74, 6) is 0. The molecule has 2 nitrogen and oxygen atoms in total. The lowest BCUT2D eigenvalue weighted by molar-refractivity contribution is 1.14. The third kappa shape index (κ3) is 2.34. The van der Waals surface area contributed by atoms with Gasteiger partial charge < -0.3 is 0 Å². The van der Waals surface area contributed by atoms with Gasteiger partial charge in [0.2, 0.25) is 0 Å². The first kappa shape index (κ1) is 13.6. The minimum absolute atomic E-state index is 0.959. The zero-order chi connectivity index (χ0) is 14.9. The number of benzene rings is 1. The average Bonchev–Trinajstić information content (AvgIpc) is 3.26. The maximum Gasteiger partial charge on any atom is 0.108 e. The van der Waals surface area contributed by atoms with Gasteiger partial charge in [-0.2, -0.15) is 0 Å². The predicted octanol–water partition coefficient (Wildman–Crippen LogP) is 5.65. The molecular formula is C18H14N2S2. The molecule has 4 aromatic rings. The highest BCUT2D eigenvalue weighted by Gasteiger charge is 2.14. The summed E-state index contributed by atoms with van der Waals surface area (Å²) in [6.45, 7) is 2.16. The normalized spacial score (nSPS) is 11.1. The number of hydrogen-bond acceptors (Lipinski definition) is 4. The standard InChI is InChI=1S/C18H14N2S2/c1-2-12-7-8-13-14(11-12)20-18(16-6-4-10-22-16)17(19-13)15-5-3-9-21-15/h3-11H,2H2,1H3. The van der Waals surface area contributed by atoms with Crippen molar-refractivity contribution in [3.63, 3.8) is 0 Å². The lowest BCUT2D eigenvalue weighted by Crippen LogP contribution is -1.94. The van der Waals surface area contributed by atoms with Crippen molar-refractivity contribution in [2.45, 2.75) is 13.3 Å². The van der Waals surface area contributed by atoms with E-state index in [-0.39, 0.29) is 0 Å². The van der Waals surface area contributed by atoms with Gasteiger partial charge in [-0.15, -0.1) is 22.7 Å². The van der Waals surface area contributed by atoms with Crippen LogP contribution in [0.1, 0.15) is 12.5 Å². The molecule has 0 atom stereocenters. The van der Waals surface area contributed by atoms with E-state index in [1.807, 2.05) is 0 Å². The van der Waals surface area contributed by atoms with Crippen molar-refractivity contribution in [3.8, 4) is 21.1 Å². The highest BCUT2D eigenvalue weighted by Crippen LogP contribution is 2.35. The van der Waals surface area contributed by atoms with E-state index in [0.717, 1.165) is 33.7 Å². The molecule has 0 saturated heterocycles. The molecule has 0 bridgehead atoms. The van der Waals surface area contributed by atoms with Crippen molar-refractivity contribution in [1.82, 2.24) is 9.97 Å². The monoisotopic (exact) mass is 322 g/mol. The SMILES string of the molecule is CCc1ccc2nc(-c3cccs3)c(-c3cccs3)nc2c1. The van der Waals surface area contributed by atoms with E-state index >= 15 is 0 Å². The molecule has 0 aliphatic carbocycles. The Morgan fingerprint density at radius 1 is 0.818 bits per heavy atom. The zero-order valence-corrected chi connectivity index (χ0v) is 13.7. The van der Waals surface area contributed by atoms with Gasteiger partial charge in [0.1, 0.15) is 11.4 Å². The van der Waals surface area contributed by atoms with Crippen LogP contribution in [0.4, 0.5) is 0 Å². The third-order valence-electron chi connectivity index (χ3n) is 3.65. The summed E-state index contributed by atoms with van der Waals surface area (Å²) in [5.41, 5.74) is 5.19. The molecule has 0 aliphatic heterocycles. The Kier molecular flexibility index (Phi) is 3.48. The van der Waals surface area contributed by atoms with Gasteiger partial charge in [-0.3, -0.25) is 0 Å². The number of aryl methyl sites for hydroxylation is 1. The van der Waals surface area contributed by atoms with Gasteiger partial charge in [-0.1, -0.05) is 25.1 Å². The quantitative estimate of drug-likeness (QED) is 0.487. The minimum atomic E-state index is 0.959. The fourth-order valence-corrected chi connectivity index (χ4v) is 3.92. The van der Waals surface area contributed by atoms with Crippen LogP contribution in [0.5, 0.6) is 0 Å². The number of rotatable bonds is 3. The molecule has 3 heterocycles. The predicted molar refractivity (Wildman–Crippen MR) is 95.5 cm³/mol. The Morgan fingerprint density at radius 2 is 1.45 bits per heavy atom. The van der Waals surface area contributed by atoms with Crippen molar-refractivity contribution in [2.24, 2.45) is 0 Å². The van der Waals surface area contributed by atoms with Crippen LogP contribution in [-0.2, 0) is 6.42 Å². The van der Waals surface area contributed by atoms with Crippen molar-refractivity contribution < 1.29 is 0 Å². The summed E-state index contributed by atoms with van der Waals surface area (Å²) in [6.07, 6.45) is 1.01. The molecule has 0 N–H and O–H groups in total. The van der Waals surface area contributed by atoms with Crippen molar-refractivity contribution >= 4 is 33.7 Å². The van der Waals surface area contributed by atoms with Gasteiger partial charge in [0.05, 0.1) is 20.8 Å². The third-order valence-corrected chi connectivity index (χ3v) is 5.40. The van der Waals surface area contributed by atoms with E-state index in [1.54, 1.807) is 22.7 Å². The smallest absolute Gasteiger partial charge is 0.108 e. The van der Waals surface area contributed by atoms with E-state index in [4.69, 9.17) is 9.97 Å². The van der Waals surface area contributed by atoms with Gasteiger partial charge in [-0.25, -0.2) is 9.97 Å². The second-order valence-corrected chi connectivity index (χ2v) is 6.95. The highest BCUT2D eigenvalue weighted by atomic mass is 32.1. The summed E-state index contributed by atoms with van der Waals surface area (Å²) < 4.78 is 0. The molecule has 108 valence electrons. The summed E-state index contributed by atoms with van der Waals surface area (Å²) in [6, 6.07) is 14.7. The minimum Gasteiger partial charge on any atom is -0.243 e. The fourth-order valence-electron chi connectivity index (χ4n) is 2.49. The summed E-state index contributed by atoms with van der Waals surface area (Å²) in [7, 11) is 0. The molecule has 0 spiro atoms. The van der Waals surface area contributed by atoms with E-state index in [9.17, 15) is 0 Å². The lowest BCUT2D eigenvalue weighted by atomic mass is 10.1. The number of thiophene rings is 2. The van der Waals surface area contributed by atoms with E-state index < -0.39 is 0 Å². The lowest BCUT2D eigenvalue weighted by Gasteiger charge is -2.08. The number of nitrogens with zero attached hydrogens (tertiary/aromatic N) is 2. The topological polar surface area (TPSA) is 25.8 Å². The van der Waals surface area contributed by atoms with E-state index in [0.29, 0.717) is 0 Å². The van der Waals surface area contributed by atoms with Crippen LogP contribution in [0, 0.1) is 0 Å². The zero-order valence-electron chi connectivity index (χ0n) is 12.1. The second kappa shape index (κ2) is 5.63. The number of hydrogen-bond donors (Lipinski definition) is 0. The molecule has 3 aromatic heterocycles. The first-order valence-corrected chi connectivity index (χ1v) is 8.99. The maximum absolute atomic E-state index is 4.94. The van der Waals surface area contributed by atoms with E-state index in [2.05, 4.69) is 60.1 Å². The Balaban J connectivity index is 2.02. The Bertz CT molecular complexity index is 910. The summed E-state index contributed by atoms with van der Waals surface area (Å²) >= 11 is 3.41. The summed E-state index contributed by atoms with van der Waals surface area (Å²) in [4.78, 5) is 12.2. The molecular weight excluding hydrogens is 308 g/mol. The van der Waals surface area contributed by atoms with Gasteiger partial charge >= 0.3 is 0 Å².